The maximum Gasteiger partial charge on any atom is 0.0913 e. The largest absolute Gasteiger partial charge is 0.376 e. The van der Waals surface area contributed by atoms with Gasteiger partial charge in [-0.15, -0.1) is 11.3 Å². The van der Waals surface area contributed by atoms with Crippen LogP contribution in [0.2, 0.25) is 0 Å². The molecular formula is C32H30O2S. The first-order chi connectivity index (χ1) is 16.8. The van der Waals surface area contributed by atoms with E-state index in [9.17, 15) is 0 Å². The summed E-state index contributed by atoms with van der Waals surface area (Å²) in [6, 6.07) is 29.1. The van der Waals surface area contributed by atoms with Crippen molar-refractivity contribution in [2.24, 2.45) is 0 Å². The molecule has 0 aliphatic heterocycles. The molecule has 0 amide bonds. The van der Waals surface area contributed by atoms with Crippen molar-refractivity contribution < 1.29 is 9.47 Å². The van der Waals surface area contributed by atoms with Crippen LogP contribution in [0.5, 0.6) is 0 Å². The average Bonchev–Trinajstić information content (AvgIpc) is 3.24. The van der Waals surface area contributed by atoms with Crippen LogP contribution in [-0.2, 0) is 16.1 Å². The molecule has 0 aliphatic carbocycles. The maximum atomic E-state index is 6.39. The van der Waals surface area contributed by atoms with Gasteiger partial charge in [0.1, 0.15) is 0 Å². The Morgan fingerprint density at radius 1 is 0.571 bits per heavy atom. The van der Waals surface area contributed by atoms with E-state index in [1.165, 1.54) is 58.1 Å². The monoisotopic (exact) mass is 478 g/mol. The molecule has 176 valence electrons. The number of rotatable bonds is 5. The summed E-state index contributed by atoms with van der Waals surface area (Å²) in [5.74, 6) is 0. The van der Waals surface area contributed by atoms with Gasteiger partial charge in [0.2, 0.25) is 0 Å². The lowest BCUT2D eigenvalue weighted by Gasteiger charge is -2.40. The van der Waals surface area contributed by atoms with Crippen molar-refractivity contribution in [2.75, 3.05) is 7.11 Å². The summed E-state index contributed by atoms with van der Waals surface area (Å²) >= 11 is 1.88. The van der Waals surface area contributed by atoms with Gasteiger partial charge in [0, 0.05) is 27.3 Å². The average molecular weight is 479 g/mol. The zero-order chi connectivity index (χ0) is 24.4. The lowest BCUT2D eigenvalue weighted by atomic mass is 9.89. The van der Waals surface area contributed by atoms with E-state index in [2.05, 4.69) is 107 Å². The Hall–Kier alpha value is -2.98. The summed E-state index contributed by atoms with van der Waals surface area (Å²) in [7, 11) is 1.74. The van der Waals surface area contributed by atoms with E-state index in [4.69, 9.17) is 9.47 Å². The first kappa shape index (κ1) is 22.5. The summed E-state index contributed by atoms with van der Waals surface area (Å²) in [5.41, 5.74) is 0.360. The predicted octanol–water partition coefficient (Wildman–Crippen LogP) is 9.23. The molecule has 0 saturated carbocycles. The van der Waals surface area contributed by atoms with Crippen molar-refractivity contribution in [3.63, 3.8) is 0 Å². The number of fused-ring (bicyclic) bond motifs is 9. The first-order valence-corrected chi connectivity index (χ1v) is 13.0. The zero-order valence-electron chi connectivity index (χ0n) is 20.9. The Morgan fingerprint density at radius 2 is 1.17 bits per heavy atom. The van der Waals surface area contributed by atoms with Crippen LogP contribution in [0, 0.1) is 0 Å². The molecule has 0 spiro atoms. The Bertz CT molecular complexity index is 1740. The SMILES string of the molecule is COC(C)(C)C(C)(C)OCc1ccc2c(c1)c1ccccc1c1cc3sc4ccccc4c3cc21. The lowest BCUT2D eigenvalue weighted by molar-refractivity contribution is -0.168. The van der Waals surface area contributed by atoms with E-state index in [1.54, 1.807) is 7.11 Å². The van der Waals surface area contributed by atoms with Gasteiger partial charge in [-0.05, 0) is 89.8 Å². The lowest BCUT2D eigenvalue weighted by Crippen LogP contribution is -2.48. The number of hydrogen-bond acceptors (Lipinski definition) is 3. The molecule has 1 heterocycles. The van der Waals surface area contributed by atoms with Crippen molar-refractivity contribution in [1.82, 2.24) is 0 Å². The third kappa shape index (κ3) is 3.53. The number of benzene rings is 5. The summed E-state index contributed by atoms with van der Waals surface area (Å²) in [5, 5.41) is 10.5. The van der Waals surface area contributed by atoms with Gasteiger partial charge in [-0.3, -0.25) is 0 Å². The van der Waals surface area contributed by atoms with Crippen LogP contribution in [0.15, 0.2) is 78.9 Å². The van der Waals surface area contributed by atoms with E-state index in [-0.39, 0.29) is 5.60 Å². The minimum atomic E-state index is -0.423. The molecule has 0 saturated heterocycles. The van der Waals surface area contributed by atoms with Crippen LogP contribution < -0.4 is 0 Å². The smallest absolute Gasteiger partial charge is 0.0913 e. The molecule has 0 radical (unpaired) electrons. The molecule has 0 aliphatic rings. The second kappa shape index (κ2) is 8.03. The van der Waals surface area contributed by atoms with Crippen LogP contribution in [0.25, 0.3) is 52.5 Å². The van der Waals surface area contributed by atoms with E-state index in [0.29, 0.717) is 6.61 Å². The number of methoxy groups -OCH3 is 1. The van der Waals surface area contributed by atoms with Gasteiger partial charge in [0.25, 0.3) is 0 Å². The van der Waals surface area contributed by atoms with E-state index >= 15 is 0 Å². The highest BCUT2D eigenvalue weighted by atomic mass is 32.1. The standard InChI is InChI=1S/C32H30O2S/c1-31(2,33-5)32(3,4)34-19-20-14-15-23-25(16-20)21-10-6-7-11-22(21)27-18-30-28(17-26(23)27)24-12-8-9-13-29(24)35-30/h6-18H,19H2,1-5H3. The number of thiophene rings is 1. The van der Waals surface area contributed by atoms with Crippen molar-refractivity contribution in [2.45, 2.75) is 45.5 Å². The Kier molecular flexibility index (Phi) is 5.16. The van der Waals surface area contributed by atoms with Crippen LogP contribution in [-0.4, -0.2) is 18.3 Å². The molecule has 3 heteroatoms. The fourth-order valence-corrected chi connectivity index (χ4v) is 6.12. The summed E-state index contributed by atoms with van der Waals surface area (Å²) in [6.45, 7) is 8.87. The summed E-state index contributed by atoms with van der Waals surface area (Å²) in [6.07, 6.45) is 0. The van der Waals surface area contributed by atoms with Crippen molar-refractivity contribution in [3.05, 3.63) is 84.4 Å². The van der Waals surface area contributed by atoms with Gasteiger partial charge < -0.3 is 9.47 Å². The maximum absolute atomic E-state index is 6.39. The van der Waals surface area contributed by atoms with Crippen LogP contribution in [0.4, 0.5) is 0 Å². The van der Waals surface area contributed by atoms with E-state index < -0.39 is 5.60 Å². The second-order valence-electron chi connectivity index (χ2n) is 10.4. The molecule has 0 N–H and O–H groups in total. The van der Waals surface area contributed by atoms with Gasteiger partial charge in [0.05, 0.1) is 17.8 Å². The molecule has 0 fully saturated rings. The Morgan fingerprint density at radius 3 is 1.89 bits per heavy atom. The molecule has 6 rings (SSSR count). The van der Waals surface area contributed by atoms with E-state index in [1.807, 2.05) is 11.3 Å². The number of ether oxygens (including phenoxy) is 2. The predicted molar refractivity (Wildman–Crippen MR) is 152 cm³/mol. The minimum absolute atomic E-state index is 0.387. The third-order valence-electron chi connectivity index (χ3n) is 7.96. The van der Waals surface area contributed by atoms with Crippen LogP contribution in [0.1, 0.15) is 33.3 Å². The molecule has 1 aromatic heterocycles. The molecule has 0 unspecified atom stereocenters. The second-order valence-corrected chi connectivity index (χ2v) is 11.5. The van der Waals surface area contributed by atoms with E-state index in [0.717, 1.165) is 0 Å². The Labute approximate surface area is 210 Å². The Balaban J connectivity index is 1.56. The molecule has 6 aromatic rings. The molecular weight excluding hydrogens is 448 g/mol. The quantitative estimate of drug-likeness (QED) is 0.230. The van der Waals surface area contributed by atoms with Crippen molar-refractivity contribution in [1.29, 1.82) is 0 Å². The molecule has 35 heavy (non-hydrogen) atoms. The van der Waals surface area contributed by atoms with Gasteiger partial charge in [-0.1, -0.05) is 54.6 Å². The van der Waals surface area contributed by atoms with Crippen LogP contribution >= 0.6 is 11.3 Å². The van der Waals surface area contributed by atoms with Gasteiger partial charge in [-0.2, -0.15) is 0 Å². The highest BCUT2D eigenvalue weighted by molar-refractivity contribution is 7.25. The molecule has 2 nitrogen and oxygen atoms in total. The molecule has 0 bridgehead atoms. The van der Waals surface area contributed by atoms with Gasteiger partial charge >= 0.3 is 0 Å². The van der Waals surface area contributed by atoms with Crippen molar-refractivity contribution in [3.8, 4) is 0 Å². The topological polar surface area (TPSA) is 18.5 Å². The van der Waals surface area contributed by atoms with Crippen LogP contribution in [0.3, 0.4) is 0 Å². The summed E-state index contributed by atoms with van der Waals surface area (Å²) in [4.78, 5) is 0. The molecule has 5 aromatic carbocycles. The fraction of sp³-hybridized carbons (Fsp3) is 0.250. The minimum Gasteiger partial charge on any atom is -0.376 e. The van der Waals surface area contributed by atoms with Crippen molar-refractivity contribution >= 4 is 63.8 Å². The summed E-state index contributed by atoms with van der Waals surface area (Å²) < 4.78 is 14.8. The first-order valence-electron chi connectivity index (χ1n) is 12.2. The van der Waals surface area contributed by atoms with Gasteiger partial charge in [0.15, 0.2) is 0 Å². The highest BCUT2D eigenvalue weighted by Gasteiger charge is 2.38. The normalized spacial score (nSPS) is 13.1. The fourth-order valence-electron chi connectivity index (χ4n) is 4.99. The highest BCUT2D eigenvalue weighted by Crippen LogP contribution is 2.42. The molecule has 0 atom stereocenters. The third-order valence-corrected chi connectivity index (χ3v) is 9.09. The number of hydrogen-bond donors (Lipinski definition) is 0. The zero-order valence-corrected chi connectivity index (χ0v) is 21.8. The van der Waals surface area contributed by atoms with Gasteiger partial charge in [-0.25, -0.2) is 0 Å².